The van der Waals surface area contributed by atoms with Gasteiger partial charge < -0.3 is 10.1 Å². The third-order valence-corrected chi connectivity index (χ3v) is 5.68. The van der Waals surface area contributed by atoms with Crippen LogP contribution in [0.3, 0.4) is 0 Å². The van der Waals surface area contributed by atoms with Gasteiger partial charge in [0.05, 0.1) is 12.0 Å². The SMILES string of the molecule is COc1cccc(NC(C(=O)c2sccc2-c2ccccc2)c2ccccc2)c1. The molecule has 29 heavy (non-hydrogen) atoms. The smallest absolute Gasteiger partial charge is 0.200 e. The number of methoxy groups -OCH3 is 1. The zero-order chi connectivity index (χ0) is 20.1. The quantitative estimate of drug-likeness (QED) is 0.362. The largest absolute Gasteiger partial charge is 0.497 e. The van der Waals surface area contributed by atoms with Gasteiger partial charge in [0.25, 0.3) is 0 Å². The first kappa shape index (κ1) is 19.0. The van der Waals surface area contributed by atoms with E-state index in [9.17, 15) is 4.79 Å². The van der Waals surface area contributed by atoms with Gasteiger partial charge in [0.15, 0.2) is 5.78 Å². The molecule has 1 aromatic heterocycles. The number of rotatable bonds is 7. The van der Waals surface area contributed by atoms with Crippen LogP contribution in [0.25, 0.3) is 11.1 Å². The minimum absolute atomic E-state index is 0.0490. The van der Waals surface area contributed by atoms with Gasteiger partial charge in [0, 0.05) is 17.3 Å². The Labute approximate surface area is 174 Å². The van der Waals surface area contributed by atoms with Crippen molar-refractivity contribution in [2.24, 2.45) is 0 Å². The van der Waals surface area contributed by atoms with Crippen LogP contribution in [0, 0.1) is 0 Å². The summed E-state index contributed by atoms with van der Waals surface area (Å²) in [4.78, 5) is 14.4. The zero-order valence-electron chi connectivity index (χ0n) is 16.0. The van der Waals surface area contributed by atoms with Crippen LogP contribution < -0.4 is 10.1 Å². The van der Waals surface area contributed by atoms with Gasteiger partial charge in [0.1, 0.15) is 11.8 Å². The number of ether oxygens (including phenoxy) is 1. The van der Waals surface area contributed by atoms with E-state index in [1.165, 1.54) is 11.3 Å². The molecular weight excluding hydrogens is 378 g/mol. The first-order chi connectivity index (χ1) is 14.3. The number of thiophene rings is 1. The van der Waals surface area contributed by atoms with Crippen molar-refractivity contribution < 1.29 is 9.53 Å². The molecule has 4 rings (SSSR count). The maximum absolute atomic E-state index is 13.7. The lowest BCUT2D eigenvalue weighted by Crippen LogP contribution is -2.21. The Hall–Kier alpha value is -3.37. The summed E-state index contributed by atoms with van der Waals surface area (Å²) in [6.45, 7) is 0. The highest BCUT2D eigenvalue weighted by atomic mass is 32.1. The van der Waals surface area contributed by atoms with Crippen LogP contribution in [-0.4, -0.2) is 12.9 Å². The predicted octanol–water partition coefficient (Wildman–Crippen LogP) is 6.46. The molecule has 0 aliphatic heterocycles. The Morgan fingerprint density at radius 1 is 0.897 bits per heavy atom. The average Bonchev–Trinajstić information content (AvgIpc) is 3.28. The van der Waals surface area contributed by atoms with Gasteiger partial charge >= 0.3 is 0 Å². The molecule has 0 aliphatic carbocycles. The summed E-state index contributed by atoms with van der Waals surface area (Å²) in [7, 11) is 1.64. The van der Waals surface area contributed by atoms with Gasteiger partial charge in [0.2, 0.25) is 0 Å². The van der Waals surface area contributed by atoms with Crippen molar-refractivity contribution >= 4 is 22.8 Å². The van der Waals surface area contributed by atoms with Crippen molar-refractivity contribution in [3.63, 3.8) is 0 Å². The molecule has 4 heteroatoms. The Bertz CT molecular complexity index is 1090. The number of anilines is 1. The molecule has 0 amide bonds. The summed E-state index contributed by atoms with van der Waals surface area (Å²) in [6, 6.07) is 29.0. The van der Waals surface area contributed by atoms with Crippen LogP contribution in [-0.2, 0) is 0 Å². The second-order valence-corrected chi connectivity index (χ2v) is 7.53. The van der Waals surface area contributed by atoms with Crippen LogP contribution in [0.15, 0.2) is 96.4 Å². The van der Waals surface area contributed by atoms with Crippen molar-refractivity contribution in [1.29, 1.82) is 0 Å². The van der Waals surface area contributed by atoms with E-state index in [2.05, 4.69) is 5.32 Å². The number of ketones is 1. The molecule has 3 nitrogen and oxygen atoms in total. The van der Waals surface area contributed by atoms with E-state index in [0.717, 1.165) is 33.0 Å². The van der Waals surface area contributed by atoms with Crippen LogP contribution in [0.1, 0.15) is 21.3 Å². The van der Waals surface area contributed by atoms with Crippen LogP contribution in [0.5, 0.6) is 5.75 Å². The predicted molar refractivity (Wildman–Crippen MR) is 120 cm³/mol. The molecule has 4 aromatic rings. The minimum atomic E-state index is -0.496. The van der Waals surface area contributed by atoms with Crippen molar-refractivity contribution in [3.05, 3.63) is 107 Å². The highest BCUT2D eigenvalue weighted by Crippen LogP contribution is 2.33. The van der Waals surface area contributed by atoms with Crippen molar-refractivity contribution in [2.75, 3.05) is 12.4 Å². The Kier molecular flexibility index (Phi) is 5.73. The van der Waals surface area contributed by atoms with Gasteiger partial charge in [-0.25, -0.2) is 0 Å². The van der Waals surface area contributed by atoms with E-state index in [0.29, 0.717) is 0 Å². The van der Waals surface area contributed by atoms with Crippen molar-refractivity contribution in [1.82, 2.24) is 0 Å². The first-order valence-corrected chi connectivity index (χ1v) is 10.3. The number of hydrogen-bond donors (Lipinski definition) is 1. The standard InChI is InChI=1S/C25H21NO2S/c1-28-21-14-8-13-20(17-21)26-23(19-11-6-3-7-12-19)24(27)25-22(15-16-29-25)18-9-4-2-5-10-18/h2-17,23,26H,1H3. The summed E-state index contributed by atoms with van der Waals surface area (Å²) in [5.74, 6) is 0.795. The molecule has 144 valence electrons. The molecular formula is C25H21NO2S. The van der Waals surface area contributed by atoms with Gasteiger partial charge in [-0.2, -0.15) is 0 Å². The number of hydrogen-bond acceptors (Lipinski definition) is 4. The van der Waals surface area contributed by atoms with Gasteiger partial charge in [-0.15, -0.1) is 11.3 Å². The Morgan fingerprint density at radius 2 is 1.62 bits per heavy atom. The molecule has 1 atom stereocenters. The van der Waals surface area contributed by atoms with E-state index in [4.69, 9.17) is 4.74 Å². The summed E-state index contributed by atoms with van der Waals surface area (Å²) in [5.41, 5.74) is 3.77. The van der Waals surface area contributed by atoms with Gasteiger partial charge in [-0.05, 0) is 34.7 Å². The highest BCUT2D eigenvalue weighted by molar-refractivity contribution is 7.12. The topological polar surface area (TPSA) is 38.3 Å². The molecule has 1 unspecified atom stereocenters. The molecule has 3 aromatic carbocycles. The lowest BCUT2D eigenvalue weighted by atomic mass is 9.97. The molecule has 0 aliphatic rings. The number of carbonyl (C=O) groups is 1. The molecule has 1 N–H and O–H groups in total. The number of carbonyl (C=O) groups excluding carboxylic acids is 1. The van der Waals surface area contributed by atoms with E-state index < -0.39 is 6.04 Å². The van der Waals surface area contributed by atoms with E-state index in [1.54, 1.807) is 7.11 Å². The molecule has 0 radical (unpaired) electrons. The minimum Gasteiger partial charge on any atom is -0.497 e. The van der Waals surface area contributed by atoms with E-state index in [-0.39, 0.29) is 5.78 Å². The number of benzene rings is 3. The maximum Gasteiger partial charge on any atom is 0.200 e. The normalized spacial score (nSPS) is 11.6. The van der Waals surface area contributed by atoms with E-state index >= 15 is 0 Å². The second kappa shape index (κ2) is 8.76. The lowest BCUT2D eigenvalue weighted by Gasteiger charge is -2.20. The first-order valence-electron chi connectivity index (χ1n) is 9.39. The molecule has 1 heterocycles. The Morgan fingerprint density at radius 3 is 2.34 bits per heavy atom. The molecule has 0 saturated carbocycles. The molecule has 0 fully saturated rings. The third kappa shape index (κ3) is 4.23. The highest BCUT2D eigenvalue weighted by Gasteiger charge is 2.25. The summed E-state index contributed by atoms with van der Waals surface area (Å²) in [5, 5.41) is 5.39. The fraction of sp³-hybridized carbons (Fsp3) is 0.0800. The lowest BCUT2D eigenvalue weighted by molar-refractivity contribution is 0.0974. The zero-order valence-corrected chi connectivity index (χ0v) is 16.9. The summed E-state index contributed by atoms with van der Waals surface area (Å²) < 4.78 is 5.33. The van der Waals surface area contributed by atoms with Crippen molar-refractivity contribution in [2.45, 2.75) is 6.04 Å². The fourth-order valence-electron chi connectivity index (χ4n) is 3.30. The van der Waals surface area contributed by atoms with Crippen molar-refractivity contribution in [3.8, 4) is 16.9 Å². The number of Topliss-reactive ketones (excluding diaryl/α,β-unsaturated/α-hetero) is 1. The van der Waals surface area contributed by atoms with E-state index in [1.807, 2.05) is 96.4 Å². The van der Waals surface area contributed by atoms with Gasteiger partial charge in [-0.1, -0.05) is 66.7 Å². The number of nitrogens with one attached hydrogen (secondary N) is 1. The van der Waals surface area contributed by atoms with Crippen LogP contribution in [0.2, 0.25) is 0 Å². The Balaban J connectivity index is 1.72. The molecule has 0 spiro atoms. The molecule has 0 bridgehead atoms. The third-order valence-electron chi connectivity index (χ3n) is 4.75. The molecule has 0 saturated heterocycles. The summed E-state index contributed by atoms with van der Waals surface area (Å²) in [6.07, 6.45) is 0. The van der Waals surface area contributed by atoms with Crippen LogP contribution >= 0.6 is 11.3 Å². The fourth-order valence-corrected chi connectivity index (χ4v) is 4.19. The monoisotopic (exact) mass is 399 g/mol. The second-order valence-electron chi connectivity index (χ2n) is 6.61. The van der Waals surface area contributed by atoms with Crippen LogP contribution in [0.4, 0.5) is 5.69 Å². The maximum atomic E-state index is 13.7. The average molecular weight is 400 g/mol. The van der Waals surface area contributed by atoms with Gasteiger partial charge in [-0.3, -0.25) is 4.79 Å². The summed E-state index contributed by atoms with van der Waals surface area (Å²) >= 11 is 1.48.